The van der Waals surface area contributed by atoms with Crippen molar-refractivity contribution in [1.82, 2.24) is 0 Å². The fourth-order valence-corrected chi connectivity index (χ4v) is 1.03. The molecule has 0 spiro atoms. The summed E-state index contributed by atoms with van der Waals surface area (Å²) in [4.78, 5) is 0. The minimum Gasteiger partial charge on any atom is -0.504 e. The Morgan fingerprint density at radius 2 is 1.79 bits per heavy atom. The Labute approximate surface area is 83.6 Å². The van der Waals surface area contributed by atoms with Gasteiger partial charge in [-0.25, -0.2) is 0 Å². The van der Waals surface area contributed by atoms with E-state index in [0.717, 1.165) is 0 Å². The molecule has 0 aliphatic carbocycles. The molecule has 4 heteroatoms. The first-order valence-corrected chi connectivity index (χ1v) is 3.98. The average Bonchev–Trinajstić information content (AvgIpc) is 2.08. The highest BCUT2D eigenvalue weighted by atomic mass is 16.3. The van der Waals surface area contributed by atoms with Crippen LogP contribution in [-0.2, 0) is 0 Å². The lowest BCUT2D eigenvalue weighted by atomic mass is 10.0. The Morgan fingerprint density at radius 3 is 2.21 bits per heavy atom. The summed E-state index contributed by atoms with van der Waals surface area (Å²) in [6.07, 6.45) is -0.827. The molecule has 1 aromatic carbocycles. The lowest BCUT2D eigenvalue weighted by molar-refractivity contribution is 0.153. The molecule has 80 valence electrons. The van der Waals surface area contributed by atoms with E-state index in [-0.39, 0.29) is 18.9 Å². The number of rotatable bonds is 2. The quantitative estimate of drug-likeness (QED) is 0.537. The number of phenolic OH excluding ortho intramolecular Hbond substituents is 2. The SMILES string of the molecule is C.C[C@H](N)[C@H](O)c1ccc(O)c(O)c1. The number of aromatic hydroxyl groups is 2. The first kappa shape index (κ1) is 12.7. The number of aliphatic hydroxyl groups excluding tert-OH is 1. The van der Waals surface area contributed by atoms with Gasteiger partial charge in [-0.1, -0.05) is 13.5 Å². The molecule has 0 aliphatic rings. The Balaban J connectivity index is 0.00000169. The lowest BCUT2D eigenvalue weighted by Gasteiger charge is -2.14. The number of nitrogens with two attached hydrogens (primary N) is 1. The maximum absolute atomic E-state index is 9.50. The van der Waals surface area contributed by atoms with Crippen molar-refractivity contribution in [2.75, 3.05) is 0 Å². The monoisotopic (exact) mass is 199 g/mol. The van der Waals surface area contributed by atoms with Crippen molar-refractivity contribution in [1.29, 1.82) is 0 Å². The van der Waals surface area contributed by atoms with Crippen LogP contribution in [0.25, 0.3) is 0 Å². The van der Waals surface area contributed by atoms with E-state index in [2.05, 4.69) is 0 Å². The minimum atomic E-state index is -0.827. The highest BCUT2D eigenvalue weighted by molar-refractivity contribution is 5.41. The molecule has 0 radical (unpaired) electrons. The van der Waals surface area contributed by atoms with Crippen molar-refractivity contribution in [2.24, 2.45) is 5.73 Å². The molecule has 1 aromatic rings. The van der Waals surface area contributed by atoms with Crippen molar-refractivity contribution in [3.8, 4) is 11.5 Å². The summed E-state index contributed by atoms with van der Waals surface area (Å²) in [5.74, 6) is -0.460. The first-order valence-electron chi connectivity index (χ1n) is 3.98. The number of hydrogen-bond acceptors (Lipinski definition) is 4. The third kappa shape index (κ3) is 2.61. The van der Waals surface area contributed by atoms with Crippen molar-refractivity contribution >= 4 is 0 Å². The molecule has 0 aliphatic heterocycles. The van der Waals surface area contributed by atoms with Gasteiger partial charge in [-0.15, -0.1) is 0 Å². The number of benzene rings is 1. The molecule has 4 nitrogen and oxygen atoms in total. The van der Waals surface area contributed by atoms with Gasteiger partial charge in [0.05, 0.1) is 6.10 Å². The van der Waals surface area contributed by atoms with E-state index in [1.807, 2.05) is 0 Å². The lowest BCUT2D eigenvalue weighted by Crippen LogP contribution is -2.24. The van der Waals surface area contributed by atoms with Crippen LogP contribution >= 0.6 is 0 Å². The van der Waals surface area contributed by atoms with Crippen LogP contribution in [0.5, 0.6) is 11.5 Å². The average molecular weight is 199 g/mol. The van der Waals surface area contributed by atoms with E-state index in [1.165, 1.54) is 18.2 Å². The second-order valence-corrected chi connectivity index (χ2v) is 3.05. The standard InChI is InChI=1S/C9H13NO3.CH4/c1-5(10)9(13)6-2-3-7(11)8(12)4-6;/h2-5,9,11-13H,10H2,1H3;1H4/t5-,9-;/m0./s1. The van der Waals surface area contributed by atoms with Crippen LogP contribution in [0.1, 0.15) is 26.0 Å². The molecule has 0 saturated heterocycles. The molecule has 0 aromatic heterocycles. The second-order valence-electron chi connectivity index (χ2n) is 3.05. The predicted molar refractivity (Wildman–Crippen MR) is 55.1 cm³/mol. The number of aliphatic hydroxyl groups is 1. The molecule has 5 N–H and O–H groups in total. The van der Waals surface area contributed by atoms with Crippen LogP contribution < -0.4 is 5.73 Å². The third-order valence-corrected chi connectivity index (χ3v) is 1.84. The van der Waals surface area contributed by atoms with E-state index in [4.69, 9.17) is 15.9 Å². The molecule has 0 amide bonds. The van der Waals surface area contributed by atoms with Crippen molar-refractivity contribution in [3.05, 3.63) is 23.8 Å². The normalized spacial score (nSPS) is 14.2. The van der Waals surface area contributed by atoms with Gasteiger partial charge in [0.25, 0.3) is 0 Å². The summed E-state index contributed by atoms with van der Waals surface area (Å²) >= 11 is 0. The maximum Gasteiger partial charge on any atom is 0.157 e. The Hall–Kier alpha value is -1.26. The Morgan fingerprint density at radius 1 is 1.21 bits per heavy atom. The van der Waals surface area contributed by atoms with Crippen molar-refractivity contribution < 1.29 is 15.3 Å². The zero-order valence-electron chi connectivity index (χ0n) is 7.31. The molecule has 0 saturated carbocycles. The van der Waals surface area contributed by atoms with Gasteiger partial charge in [-0.05, 0) is 24.6 Å². The summed E-state index contributed by atoms with van der Waals surface area (Å²) in [5, 5.41) is 27.6. The Kier molecular flexibility index (Phi) is 4.40. The topological polar surface area (TPSA) is 86.7 Å². The summed E-state index contributed by atoms with van der Waals surface area (Å²) in [6.45, 7) is 1.66. The molecule has 0 heterocycles. The molecular weight excluding hydrogens is 182 g/mol. The van der Waals surface area contributed by atoms with Gasteiger partial charge >= 0.3 is 0 Å². The molecule has 1 rings (SSSR count). The molecular formula is C10H17NO3. The van der Waals surface area contributed by atoms with Gasteiger partial charge in [0, 0.05) is 6.04 Å². The van der Waals surface area contributed by atoms with Crippen LogP contribution in [0.2, 0.25) is 0 Å². The maximum atomic E-state index is 9.50. The zero-order chi connectivity index (χ0) is 10.0. The van der Waals surface area contributed by atoms with E-state index in [0.29, 0.717) is 5.56 Å². The molecule has 2 atom stereocenters. The van der Waals surface area contributed by atoms with Gasteiger partial charge in [-0.3, -0.25) is 0 Å². The van der Waals surface area contributed by atoms with Gasteiger partial charge < -0.3 is 21.1 Å². The number of hydrogen-bond donors (Lipinski definition) is 4. The van der Waals surface area contributed by atoms with E-state index in [1.54, 1.807) is 6.92 Å². The van der Waals surface area contributed by atoms with E-state index in [9.17, 15) is 5.11 Å². The highest BCUT2D eigenvalue weighted by Crippen LogP contribution is 2.28. The summed E-state index contributed by atoms with van der Waals surface area (Å²) in [6, 6.07) is 3.71. The van der Waals surface area contributed by atoms with Crippen LogP contribution in [0, 0.1) is 0 Å². The first-order chi connectivity index (χ1) is 6.02. The van der Waals surface area contributed by atoms with Crippen LogP contribution in [0.3, 0.4) is 0 Å². The molecule has 14 heavy (non-hydrogen) atoms. The van der Waals surface area contributed by atoms with Gasteiger partial charge in [0.1, 0.15) is 0 Å². The van der Waals surface area contributed by atoms with Gasteiger partial charge in [0.15, 0.2) is 11.5 Å². The van der Waals surface area contributed by atoms with E-state index < -0.39 is 12.1 Å². The summed E-state index contributed by atoms with van der Waals surface area (Å²) in [5.41, 5.74) is 5.95. The smallest absolute Gasteiger partial charge is 0.157 e. The van der Waals surface area contributed by atoms with Crippen LogP contribution in [-0.4, -0.2) is 21.4 Å². The number of phenols is 2. The highest BCUT2D eigenvalue weighted by Gasteiger charge is 2.13. The second kappa shape index (κ2) is 4.83. The van der Waals surface area contributed by atoms with Gasteiger partial charge in [-0.2, -0.15) is 0 Å². The largest absolute Gasteiger partial charge is 0.504 e. The van der Waals surface area contributed by atoms with Crippen molar-refractivity contribution in [3.63, 3.8) is 0 Å². The summed E-state index contributed by atoms with van der Waals surface area (Å²) < 4.78 is 0. The van der Waals surface area contributed by atoms with Crippen LogP contribution in [0.4, 0.5) is 0 Å². The molecule has 0 bridgehead atoms. The fraction of sp³-hybridized carbons (Fsp3) is 0.400. The molecule has 0 fully saturated rings. The predicted octanol–water partition coefficient (Wildman–Crippen LogP) is 1.11. The van der Waals surface area contributed by atoms with Gasteiger partial charge in [0.2, 0.25) is 0 Å². The summed E-state index contributed by atoms with van der Waals surface area (Å²) in [7, 11) is 0. The zero-order valence-corrected chi connectivity index (χ0v) is 7.31. The minimum absolute atomic E-state index is 0. The Bertz CT molecular complexity index is 299. The third-order valence-electron chi connectivity index (χ3n) is 1.84. The fourth-order valence-electron chi connectivity index (χ4n) is 1.03. The van der Waals surface area contributed by atoms with Crippen molar-refractivity contribution in [2.45, 2.75) is 26.5 Å². The van der Waals surface area contributed by atoms with E-state index >= 15 is 0 Å². The van der Waals surface area contributed by atoms with Crippen LogP contribution in [0.15, 0.2) is 18.2 Å². The molecule has 0 unspecified atom stereocenters.